The van der Waals surface area contributed by atoms with E-state index in [4.69, 9.17) is 17.3 Å². The van der Waals surface area contributed by atoms with Crippen molar-refractivity contribution in [2.75, 3.05) is 25.0 Å². The zero-order valence-electron chi connectivity index (χ0n) is 12.9. The zero-order chi connectivity index (χ0) is 14.9. The molecule has 0 bridgehead atoms. The van der Waals surface area contributed by atoms with E-state index in [1.165, 1.54) is 5.56 Å². The number of hydrogen-bond acceptors (Lipinski definition) is 3. The summed E-state index contributed by atoms with van der Waals surface area (Å²) in [5.74, 6) is 0. The first-order valence-electron chi connectivity index (χ1n) is 7.39. The van der Waals surface area contributed by atoms with Gasteiger partial charge >= 0.3 is 0 Å². The maximum atomic E-state index is 6.48. The minimum atomic E-state index is 0.167. The molecule has 0 radical (unpaired) electrons. The topological polar surface area (TPSA) is 32.5 Å². The van der Waals surface area contributed by atoms with Gasteiger partial charge in [-0.3, -0.25) is 4.90 Å². The molecule has 0 aliphatic carbocycles. The number of likely N-dealkylation sites (N-methyl/N-ethyl adjacent to an activating group) is 1. The lowest BCUT2D eigenvalue weighted by Gasteiger charge is -2.43. The fraction of sp³-hybridized carbons (Fsp3) is 0.625. The molecule has 0 aromatic heterocycles. The van der Waals surface area contributed by atoms with Crippen molar-refractivity contribution in [2.45, 2.75) is 45.3 Å². The molecule has 3 unspecified atom stereocenters. The van der Waals surface area contributed by atoms with Crippen molar-refractivity contribution < 1.29 is 0 Å². The maximum Gasteiger partial charge on any atom is 0.0642 e. The Kier molecular flexibility index (Phi) is 4.95. The molecule has 0 amide bonds. The van der Waals surface area contributed by atoms with Crippen molar-refractivity contribution in [2.24, 2.45) is 5.73 Å². The lowest BCUT2D eigenvalue weighted by molar-refractivity contribution is 0.170. The van der Waals surface area contributed by atoms with Crippen molar-refractivity contribution in [3.8, 4) is 0 Å². The largest absolute Gasteiger partial charge is 0.367 e. The van der Waals surface area contributed by atoms with Gasteiger partial charge < -0.3 is 10.6 Å². The van der Waals surface area contributed by atoms with Crippen molar-refractivity contribution in [1.29, 1.82) is 0 Å². The molecule has 0 spiro atoms. The van der Waals surface area contributed by atoms with E-state index in [1.807, 2.05) is 6.92 Å². The first-order valence-corrected chi connectivity index (χ1v) is 7.77. The fourth-order valence-electron chi connectivity index (χ4n) is 2.91. The van der Waals surface area contributed by atoms with Crippen molar-refractivity contribution in [3.05, 3.63) is 28.8 Å². The molecular formula is C16H26ClN3. The van der Waals surface area contributed by atoms with Crippen LogP contribution in [-0.2, 0) is 6.42 Å². The van der Waals surface area contributed by atoms with Gasteiger partial charge in [-0.1, -0.05) is 17.7 Å². The molecule has 1 aromatic carbocycles. The van der Waals surface area contributed by atoms with Gasteiger partial charge in [0.2, 0.25) is 0 Å². The van der Waals surface area contributed by atoms with Crippen LogP contribution in [0.15, 0.2) is 18.2 Å². The molecule has 3 atom stereocenters. The summed E-state index contributed by atoms with van der Waals surface area (Å²) in [6.07, 6.45) is 0.871. The second-order valence-electron chi connectivity index (χ2n) is 6.24. The monoisotopic (exact) mass is 295 g/mol. The number of halogens is 1. The molecule has 1 aliphatic heterocycles. The third kappa shape index (κ3) is 3.46. The van der Waals surface area contributed by atoms with Gasteiger partial charge in [0.1, 0.15) is 0 Å². The molecule has 2 rings (SSSR count). The lowest BCUT2D eigenvalue weighted by atomic mass is 10.0. The van der Waals surface area contributed by atoms with E-state index in [0.29, 0.717) is 12.1 Å². The van der Waals surface area contributed by atoms with Crippen LogP contribution in [0.25, 0.3) is 0 Å². The van der Waals surface area contributed by atoms with E-state index in [-0.39, 0.29) is 6.04 Å². The molecule has 1 saturated heterocycles. The van der Waals surface area contributed by atoms with Crippen LogP contribution in [0.4, 0.5) is 5.69 Å². The number of nitrogens with zero attached hydrogens (tertiary/aromatic N) is 2. The Morgan fingerprint density at radius 1 is 1.30 bits per heavy atom. The zero-order valence-corrected chi connectivity index (χ0v) is 13.7. The van der Waals surface area contributed by atoms with Crippen LogP contribution in [-0.4, -0.2) is 43.2 Å². The third-order valence-corrected chi connectivity index (χ3v) is 4.57. The van der Waals surface area contributed by atoms with E-state index >= 15 is 0 Å². The minimum Gasteiger partial charge on any atom is -0.367 e. The minimum absolute atomic E-state index is 0.167. The Morgan fingerprint density at radius 3 is 2.40 bits per heavy atom. The molecule has 1 fully saturated rings. The second-order valence-corrected chi connectivity index (χ2v) is 6.64. The molecule has 4 heteroatoms. The highest BCUT2D eigenvalue weighted by molar-refractivity contribution is 6.33. The average Bonchev–Trinajstić information content (AvgIpc) is 2.34. The summed E-state index contributed by atoms with van der Waals surface area (Å²) < 4.78 is 0. The summed E-state index contributed by atoms with van der Waals surface area (Å²) in [7, 11) is 2.19. The lowest BCUT2D eigenvalue weighted by Crippen LogP contribution is -2.55. The Labute approximate surface area is 127 Å². The first-order chi connectivity index (χ1) is 9.38. The van der Waals surface area contributed by atoms with Crippen LogP contribution in [0.5, 0.6) is 0 Å². The summed E-state index contributed by atoms with van der Waals surface area (Å²) >= 11 is 6.48. The van der Waals surface area contributed by atoms with E-state index in [1.54, 1.807) is 0 Å². The summed E-state index contributed by atoms with van der Waals surface area (Å²) in [5, 5.41) is 0.840. The van der Waals surface area contributed by atoms with Crippen LogP contribution >= 0.6 is 11.6 Å². The highest BCUT2D eigenvalue weighted by atomic mass is 35.5. The Balaban J connectivity index is 2.17. The van der Waals surface area contributed by atoms with Crippen LogP contribution in [0.2, 0.25) is 5.02 Å². The van der Waals surface area contributed by atoms with Crippen LogP contribution in [0.1, 0.15) is 26.3 Å². The maximum absolute atomic E-state index is 6.48. The van der Waals surface area contributed by atoms with Crippen molar-refractivity contribution >= 4 is 17.3 Å². The van der Waals surface area contributed by atoms with Crippen LogP contribution < -0.4 is 10.6 Å². The molecule has 112 valence electrons. The molecule has 2 N–H and O–H groups in total. The number of hydrogen-bond donors (Lipinski definition) is 1. The highest BCUT2D eigenvalue weighted by Crippen LogP contribution is 2.30. The van der Waals surface area contributed by atoms with E-state index in [9.17, 15) is 0 Å². The molecule has 3 nitrogen and oxygen atoms in total. The fourth-order valence-corrected chi connectivity index (χ4v) is 3.23. The Hall–Kier alpha value is -0.770. The van der Waals surface area contributed by atoms with Crippen LogP contribution in [0, 0.1) is 0 Å². The predicted octanol–water partition coefficient (Wildman–Crippen LogP) is 2.76. The first kappa shape index (κ1) is 15.6. The predicted molar refractivity (Wildman–Crippen MR) is 87.7 cm³/mol. The average molecular weight is 296 g/mol. The molecular weight excluding hydrogens is 270 g/mol. The van der Waals surface area contributed by atoms with E-state index in [2.05, 4.69) is 48.9 Å². The molecule has 1 aliphatic rings. The third-order valence-electron chi connectivity index (χ3n) is 4.27. The van der Waals surface area contributed by atoms with Gasteiger partial charge in [0.25, 0.3) is 0 Å². The molecule has 0 saturated carbocycles. The van der Waals surface area contributed by atoms with Gasteiger partial charge in [-0.25, -0.2) is 0 Å². The smallest absolute Gasteiger partial charge is 0.0642 e. The summed E-state index contributed by atoms with van der Waals surface area (Å²) in [5.41, 5.74) is 8.21. The van der Waals surface area contributed by atoms with Crippen molar-refractivity contribution in [1.82, 2.24) is 4.90 Å². The number of anilines is 1. The van der Waals surface area contributed by atoms with Gasteiger partial charge in [-0.15, -0.1) is 0 Å². The highest BCUT2D eigenvalue weighted by Gasteiger charge is 2.27. The Bertz CT molecular complexity index is 449. The molecule has 20 heavy (non-hydrogen) atoms. The Morgan fingerprint density at radius 2 is 1.90 bits per heavy atom. The normalized spacial score (nSPS) is 25.8. The SMILES string of the molecule is CC(N)Cc1ccc(N2CC(C)N(C)C(C)C2)c(Cl)c1. The van der Waals surface area contributed by atoms with E-state index < -0.39 is 0 Å². The summed E-state index contributed by atoms with van der Waals surface area (Å²) in [6, 6.07) is 7.61. The quantitative estimate of drug-likeness (QED) is 0.931. The second kappa shape index (κ2) is 6.33. The van der Waals surface area contributed by atoms with Crippen molar-refractivity contribution in [3.63, 3.8) is 0 Å². The van der Waals surface area contributed by atoms with Gasteiger partial charge in [-0.2, -0.15) is 0 Å². The molecule has 1 aromatic rings. The van der Waals surface area contributed by atoms with Gasteiger partial charge in [0.15, 0.2) is 0 Å². The standard InChI is InChI=1S/C16H26ClN3/c1-11(18)7-14-5-6-16(15(17)8-14)20-9-12(2)19(4)13(3)10-20/h5-6,8,11-13H,7,9-10,18H2,1-4H3. The summed E-state index contributed by atoms with van der Waals surface area (Å²) in [6.45, 7) is 8.59. The number of benzene rings is 1. The van der Waals surface area contributed by atoms with Crippen LogP contribution in [0.3, 0.4) is 0 Å². The number of rotatable bonds is 3. The van der Waals surface area contributed by atoms with E-state index in [0.717, 1.165) is 30.2 Å². The van der Waals surface area contributed by atoms with Gasteiger partial charge in [0, 0.05) is 31.2 Å². The van der Waals surface area contributed by atoms with Gasteiger partial charge in [0.05, 0.1) is 10.7 Å². The number of nitrogens with two attached hydrogens (primary N) is 1. The van der Waals surface area contributed by atoms with Gasteiger partial charge in [-0.05, 0) is 51.9 Å². The number of piperazine rings is 1. The summed E-state index contributed by atoms with van der Waals surface area (Å²) in [4.78, 5) is 4.82. The molecule has 1 heterocycles.